The number of Topliss-reactive ketones (excluding diaryl/α,β-unsaturated/α-hetero) is 1. The van der Waals surface area contributed by atoms with E-state index in [1.807, 2.05) is 6.92 Å². The van der Waals surface area contributed by atoms with Crippen LogP contribution in [0.15, 0.2) is 42.5 Å². The lowest BCUT2D eigenvalue weighted by Crippen LogP contribution is -2.44. The van der Waals surface area contributed by atoms with Crippen molar-refractivity contribution in [1.82, 2.24) is 4.90 Å². The van der Waals surface area contributed by atoms with Gasteiger partial charge >= 0.3 is 6.03 Å². The molecule has 1 aliphatic rings. The largest absolute Gasteiger partial charge is 0.322 e. The van der Waals surface area contributed by atoms with E-state index in [2.05, 4.69) is 5.32 Å². The topological polar surface area (TPSA) is 49.4 Å². The number of amides is 2. The van der Waals surface area contributed by atoms with E-state index in [0.717, 1.165) is 11.1 Å². The van der Waals surface area contributed by atoms with Gasteiger partial charge in [-0.2, -0.15) is 0 Å². The van der Waals surface area contributed by atoms with Gasteiger partial charge in [0.15, 0.2) is 5.78 Å². The number of urea groups is 1. The molecular formula is C19H19FN2O2. The fourth-order valence-corrected chi connectivity index (χ4v) is 2.96. The van der Waals surface area contributed by atoms with Crippen molar-refractivity contribution < 1.29 is 14.0 Å². The number of benzene rings is 2. The Balaban J connectivity index is 1.74. The Bertz CT molecular complexity index is 786. The average molecular weight is 326 g/mol. The monoisotopic (exact) mass is 326 g/mol. The van der Waals surface area contributed by atoms with E-state index in [1.165, 1.54) is 19.1 Å². The molecule has 1 heterocycles. The van der Waals surface area contributed by atoms with Crippen LogP contribution in [-0.2, 0) is 13.0 Å². The molecule has 1 unspecified atom stereocenters. The molecule has 3 rings (SSSR count). The fraction of sp³-hybridized carbons (Fsp3) is 0.263. The molecule has 4 nitrogen and oxygen atoms in total. The van der Waals surface area contributed by atoms with E-state index in [1.54, 1.807) is 35.2 Å². The molecule has 0 aliphatic carbocycles. The second-order valence-corrected chi connectivity index (χ2v) is 6.16. The van der Waals surface area contributed by atoms with Crippen molar-refractivity contribution in [1.29, 1.82) is 0 Å². The highest BCUT2D eigenvalue weighted by Gasteiger charge is 2.27. The maximum Gasteiger partial charge on any atom is 0.322 e. The molecule has 0 radical (unpaired) electrons. The van der Waals surface area contributed by atoms with Gasteiger partial charge in [0.05, 0.1) is 0 Å². The summed E-state index contributed by atoms with van der Waals surface area (Å²) < 4.78 is 13.4. The summed E-state index contributed by atoms with van der Waals surface area (Å²) in [6.07, 6.45) is 0.701. The number of anilines is 1. The molecule has 0 fully saturated rings. The van der Waals surface area contributed by atoms with Gasteiger partial charge in [-0.25, -0.2) is 9.18 Å². The van der Waals surface area contributed by atoms with Crippen LogP contribution in [0.3, 0.4) is 0 Å². The van der Waals surface area contributed by atoms with Gasteiger partial charge in [-0.1, -0.05) is 6.07 Å². The van der Waals surface area contributed by atoms with Crippen molar-refractivity contribution in [2.24, 2.45) is 0 Å². The maximum atomic E-state index is 13.4. The fourth-order valence-electron chi connectivity index (χ4n) is 2.96. The Hall–Kier alpha value is -2.69. The third-order valence-electron chi connectivity index (χ3n) is 4.36. The molecule has 0 saturated carbocycles. The van der Waals surface area contributed by atoms with E-state index < -0.39 is 0 Å². The van der Waals surface area contributed by atoms with Crippen LogP contribution >= 0.6 is 0 Å². The molecule has 0 aromatic heterocycles. The quantitative estimate of drug-likeness (QED) is 0.848. The number of ketones is 1. The zero-order valence-electron chi connectivity index (χ0n) is 13.7. The summed E-state index contributed by atoms with van der Waals surface area (Å²) in [5.74, 6) is -0.306. The number of carbonyl (C=O) groups is 2. The molecule has 2 aromatic carbocycles. The third kappa shape index (κ3) is 3.30. The van der Waals surface area contributed by atoms with E-state index in [9.17, 15) is 14.0 Å². The summed E-state index contributed by atoms with van der Waals surface area (Å²) in [6.45, 7) is 3.86. The highest BCUT2D eigenvalue weighted by Crippen LogP contribution is 2.25. The van der Waals surface area contributed by atoms with Crippen molar-refractivity contribution in [2.45, 2.75) is 32.9 Å². The standard InChI is InChI=1S/C19H19FN2O2/c1-12-9-15-3-6-17(20)10-16(15)11-22(12)19(24)21-18-7-4-14(5-8-18)13(2)23/h3-8,10,12H,9,11H2,1-2H3,(H,21,24). The van der Waals surface area contributed by atoms with Crippen LogP contribution in [0, 0.1) is 5.82 Å². The van der Waals surface area contributed by atoms with Crippen LogP contribution in [0.4, 0.5) is 14.9 Å². The Morgan fingerprint density at radius 3 is 2.50 bits per heavy atom. The van der Waals surface area contributed by atoms with Crippen molar-refractivity contribution in [2.75, 3.05) is 5.32 Å². The Morgan fingerprint density at radius 1 is 1.12 bits per heavy atom. The number of hydrogen-bond acceptors (Lipinski definition) is 2. The lowest BCUT2D eigenvalue weighted by molar-refractivity contribution is 0.101. The van der Waals surface area contributed by atoms with Gasteiger partial charge in [-0.15, -0.1) is 0 Å². The lowest BCUT2D eigenvalue weighted by Gasteiger charge is -2.35. The predicted molar refractivity (Wildman–Crippen MR) is 90.6 cm³/mol. The van der Waals surface area contributed by atoms with Crippen LogP contribution in [0.1, 0.15) is 35.3 Å². The summed E-state index contributed by atoms with van der Waals surface area (Å²) in [7, 11) is 0. The van der Waals surface area contributed by atoms with Crippen molar-refractivity contribution >= 4 is 17.5 Å². The van der Waals surface area contributed by atoms with Crippen LogP contribution in [0.2, 0.25) is 0 Å². The molecule has 1 atom stereocenters. The van der Waals surface area contributed by atoms with Crippen LogP contribution in [0.25, 0.3) is 0 Å². The first kappa shape index (κ1) is 16.2. The SMILES string of the molecule is CC(=O)c1ccc(NC(=O)N2Cc3cc(F)ccc3CC2C)cc1. The van der Waals surface area contributed by atoms with Gasteiger partial charge in [0, 0.05) is 23.8 Å². The minimum absolute atomic E-state index is 0.0174. The van der Waals surface area contributed by atoms with Crippen molar-refractivity contribution in [3.8, 4) is 0 Å². The van der Waals surface area contributed by atoms with Gasteiger partial charge in [0.2, 0.25) is 0 Å². The molecule has 124 valence electrons. The van der Waals surface area contributed by atoms with Gasteiger partial charge < -0.3 is 10.2 Å². The second-order valence-electron chi connectivity index (χ2n) is 6.16. The van der Waals surface area contributed by atoms with Crippen molar-refractivity contribution in [3.63, 3.8) is 0 Å². The molecular weight excluding hydrogens is 307 g/mol. The zero-order chi connectivity index (χ0) is 17.3. The average Bonchev–Trinajstić information content (AvgIpc) is 2.55. The van der Waals surface area contributed by atoms with E-state index in [0.29, 0.717) is 24.2 Å². The van der Waals surface area contributed by atoms with Crippen molar-refractivity contribution in [3.05, 3.63) is 65.0 Å². The third-order valence-corrected chi connectivity index (χ3v) is 4.36. The number of nitrogens with one attached hydrogen (secondary N) is 1. The highest BCUT2D eigenvalue weighted by atomic mass is 19.1. The molecule has 1 N–H and O–H groups in total. The number of rotatable bonds is 2. The zero-order valence-corrected chi connectivity index (χ0v) is 13.7. The van der Waals surface area contributed by atoms with Gasteiger partial charge in [-0.3, -0.25) is 4.79 Å². The normalized spacial score (nSPS) is 16.5. The summed E-state index contributed by atoms with van der Waals surface area (Å²) in [4.78, 5) is 25.5. The smallest absolute Gasteiger partial charge is 0.317 e. The molecule has 2 amide bonds. The van der Waals surface area contributed by atoms with Gasteiger partial charge in [-0.05, 0) is 67.8 Å². The summed E-state index contributed by atoms with van der Waals surface area (Å²) in [5, 5.41) is 2.84. The predicted octanol–water partition coefficient (Wildman–Crippen LogP) is 4.01. The number of nitrogens with zero attached hydrogens (tertiary/aromatic N) is 1. The van der Waals surface area contributed by atoms with Gasteiger partial charge in [0.1, 0.15) is 5.82 Å². The Labute approximate surface area is 140 Å². The van der Waals surface area contributed by atoms with Crippen LogP contribution in [-0.4, -0.2) is 22.8 Å². The molecule has 24 heavy (non-hydrogen) atoms. The second kappa shape index (κ2) is 6.43. The van der Waals surface area contributed by atoms with E-state index in [-0.39, 0.29) is 23.7 Å². The minimum atomic E-state index is -0.288. The number of halogens is 1. The van der Waals surface area contributed by atoms with Gasteiger partial charge in [0.25, 0.3) is 0 Å². The van der Waals surface area contributed by atoms with Crippen LogP contribution in [0.5, 0.6) is 0 Å². The summed E-state index contributed by atoms with van der Waals surface area (Å²) in [5.41, 5.74) is 3.15. The number of fused-ring (bicyclic) bond motifs is 1. The maximum absolute atomic E-state index is 13.4. The molecule has 5 heteroatoms. The summed E-state index contributed by atoms with van der Waals surface area (Å²) in [6, 6.07) is 11.3. The first-order valence-electron chi connectivity index (χ1n) is 7.90. The molecule has 0 bridgehead atoms. The number of hydrogen-bond donors (Lipinski definition) is 1. The van der Waals surface area contributed by atoms with E-state index in [4.69, 9.17) is 0 Å². The Kier molecular flexibility index (Phi) is 4.34. The van der Waals surface area contributed by atoms with E-state index >= 15 is 0 Å². The minimum Gasteiger partial charge on any atom is -0.317 e. The molecule has 2 aromatic rings. The first-order valence-corrected chi connectivity index (χ1v) is 7.90. The molecule has 0 spiro atoms. The Morgan fingerprint density at radius 2 is 1.83 bits per heavy atom. The molecule has 1 aliphatic heterocycles. The van der Waals surface area contributed by atoms with Crippen LogP contribution < -0.4 is 5.32 Å². The lowest BCUT2D eigenvalue weighted by atomic mass is 9.95. The highest BCUT2D eigenvalue weighted by molar-refractivity contribution is 5.95. The molecule has 0 saturated heterocycles. The first-order chi connectivity index (χ1) is 11.4. The number of carbonyl (C=O) groups excluding carboxylic acids is 2. The summed E-state index contributed by atoms with van der Waals surface area (Å²) >= 11 is 0.